The number of aliphatic carboxylic acids is 1. The Hall–Kier alpha value is -1.14. The summed E-state index contributed by atoms with van der Waals surface area (Å²) >= 11 is 0. The van der Waals surface area contributed by atoms with Crippen molar-refractivity contribution in [1.29, 1.82) is 0 Å². The Labute approximate surface area is 69.6 Å². The van der Waals surface area contributed by atoms with Gasteiger partial charge in [0.1, 0.15) is 0 Å². The number of carboxylic acid groups (broad SMARTS) is 1. The molecule has 0 fully saturated rings. The first-order chi connectivity index (χ1) is 5.66. The average Bonchev–Trinajstić information content (AvgIpc) is 2.01. The number of hydrogen-bond acceptors (Lipinski definition) is 5. The Morgan fingerprint density at radius 1 is 1.42 bits per heavy atom. The largest absolute Gasteiger partial charge is 0.481 e. The molecule has 0 aromatic rings. The van der Waals surface area contributed by atoms with Gasteiger partial charge in [-0.2, -0.15) is 5.48 Å². The van der Waals surface area contributed by atoms with Crippen LogP contribution in [0.15, 0.2) is 0 Å². The number of carbonyl (C=O) groups excluding carboxylic acids is 1. The van der Waals surface area contributed by atoms with E-state index in [0.717, 1.165) is 0 Å². The second-order valence-electron chi connectivity index (χ2n) is 2.05. The van der Waals surface area contributed by atoms with Gasteiger partial charge < -0.3 is 15.7 Å². The van der Waals surface area contributed by atoms with E-state index in [0.29, 0.717) is 13.1 Å². The molecule has 0 atom stereocenters. The first kappa shape index (κ1) is 10.9. The molecule has 0 aliphatic carbocycles. The lowest BCUT2D eigenvalue weighted by molar-refractivity contribution is -0.153. The molecular formula is C6H12N2O4. The smallest absolute Gasteiger partial charge is 0.325 e. The first-order valence-corrected chi connectivity index (χ1v) is 3.51. The molecule has 6 heteroatoms. The normalized spacial score (nSPS) is 9.42. The second kappa shape index (κ2) is 6.56. The van der Waals surface area contributed by atoms with Crippen LogP contribution in [0.1, 0.15) is 12.8 Å². The van der Waals surface area contributed by atoms with Crippen LogP contribution in [-0.4, -0.2) is 30.1 Å². The van der Waals surface area contributed by atoms with E-state index >= 15 is 0 Å². The van der Waals surface area contributed by atoms with Crippen molar-refractivity contribution in [3.63, 3.8) is 0 Å². The van der Waals surface area contributed by atoms with Gasteiger partial charge in [-0.05, 0) is 0 Å². The standard InChI is InChI=1S/C6H12N2O4/c7-3-4-8-12-6(11)2-1-5(9)10/h8H,1-4,7H2,(H,9,10). The Morgan fingerprint density at radius 3 is 2.58 bits per heavy atom. The summed E-state index contributed by atoms with van der Waals surface area (Å²) in [6.45, 7) is 0.713. The fraction of sp³-hybridized carbons (Fsp3) is 0.667. The van der Waals surface area contributed by atoms with Gasteiger partial charge in [-0.1, -0.05) is 0 Å². The van der Waals surface area contributed by atoms with E-state index in [4.69, 9.17) is 10.8 Å². The topological polar surface area (TPSA) is 102 Å². The molecule has 0 aromatic heterocycles. The SMILES string of the molecule is NCCNOC(=O)CCC(=O)O. The zero-order chi connectivity index (χ0) is 9.40. The minimum Gasteiger partial charge on any atom is -0.481 e. The van der Waals surface area contributed by atoms with E-state index in [1.165, 1.54) is 0 Å². The highest BCUT2D eigenvalue weighted by Crippen LogP contribution is 1.90. The molecule has 0 amide bonds. The van der Waals surface area contributed by atoms with Crippen LogP contribution in [0.3, 0.4) is 0 Å². The summed E-state index contributed by atoms with van der Waals surface area (Å²) in [5, 5.41) is 8.19. The highest BCUT2D eigenvalue weighted by atomic mass is 16.7. The fourth-order valence-corrected chi connectivity index (χ4v) is 0.450. The van der Waals surface area contributed by atoms with Crippen LogP contribution in [0.25, 0.3) is 0 Å². The molecule has 4 N–H and O–H groups in total. The third-order valence-electron chi connectivity index (χ3n) is 0.975. The molecule has 0 heterocycles. The molecule has 0 saturated carbocycles. The maximum absolute atomic E-state index is 10.6. The molecule has 0 unspecified atom stereocenters. The zero-order valence-electron chi connectivity index (χ0n) is 6.58. The van der Waals surface area contributed by atoms with Crippen molar-refractivity contribution in [3.05, 3.63) is 0 Å². The van der Waals surface area contributed by atoms with Gasteiger partial charge in [0.15, 0.2) is 0 Å². The highest BCUT2D eigenvalue weighted by molar-refractivity contribution is 5.76. The third-order valence-corrected chi connectivity index (χ3v) is 0.975. The van der Waals surface area contributed by atoms with Gasteiger partial charge in [0.2, 0.25) is 0 Å². The number of nitrogens with one attached hydrogen (secondary N) is 1. The Balaban J connectivity index is 3.28. The van der Waals surface area contributed by atoms with Gasteiger partial charge in [0.25, 0.3) is 0 Å². The molecule has 0 aliphatic heterocycles. The van der Waals surface area contributed by atoms with Crippen molar-refractivity contribution in [2.45, 2.75) is 12.8 Å². The molecule has 70 valence electrons. The number of rotatable bonds is 6. The summed E-state index contributed by atoms with van der Waals surface area (Å²) in [7, 11) is 0. The molecule has 0 aliphatic rings. The molecular weight excluding hydrogens is 164 g/mol. The van der Waals surface area contributed by atoms with Crippen LogP contribution >= 0.6 is 0 Å². The van der Waals surface area contributed by atoms with E-state index in [9.17, 15) is 9.59 Å². The number of carbonyl (C=O) groups is 2. The number of nitrogens with two attached hydrogens (primary N) is 1. The lowest BCUT2D eigenvalue weighted by Crippen LogP contribution is -2.26. The van der Waals surface area contributed by atoms with E-state index in [1.807, 2.05) is 0 Å². The Kier molecular flexibility index (Phi) is 5.94. The van der Waals surface area contributed by atoms with Crippen molar-refractivity contribution >= 4 is 11.9 Å². The number of hydroxylamine groups is 1. The lowest BCUT2D eigenvalue weighted by Gasteiger charge is -2.02. The zero-order valence-corrected chi connectivity index (χ0v) is 6.58. The van der Waals surface area contributed by atoms with Crippen molar-refractivity contribution < 1.29 is 19.5 Å². The van der Waals surface area contributed by atoms with Gasteiger partial charge in [-0.15, -0.1) is 0 Å². The van der Waals surface area contributed by atoms with E-state index in [2.05, 4.69) is 10.3 Å². The van der Waals surface area contributed by atoms with Crippen LogP contribution in [0, 0.1) is 0 Å². The van der Waals surface area contributed by atoms with Crippen LogP contribution < -0.4 is 11.2 Å². The highest BCUT2D eigenvalue weighted by Gasteiger charge is 2.05. The molecule has 0 aromatic carbocycles. The molecule has 12 heavy (non-hydrogen) atoms. The van der Waals surface area contributed by atoms with Gasteiger partial charge >= 0.3 is 11.9 Å². The summed E-state index contributed by atoms with van der Waals surface area (Å²) in [5.41, 5.74) is 7.38. The Morgan fingerprint density at radius 2 is 2.08 bits per heavy atom. The quantitative estimate of drug-likeness (QED) is 0.349. The van der Waals surface area contributed by atoms with Crippen molar-refractivity contribution in [2.75, 3.05) is 13.1 Å². The van der Waals surface area contributed by atoms with Crippen LogP contribution in [0.4, 0.5) is 0 Å². The van der Waals surface area contributed by atoms with Crippen molar-refractivity contribution in [1.82, 2.24) is 5.48 Å². The molecule has 0 rings (SSSR count). The predicted octanol–water partition coefficient (Wildman–Crippen LogP) is -1.14. The average molecular weight is 176 g/mol. The van der Waals surface area contributed by atoms with Crippen molar-refractivity contribution in [3.8, 4) is 0 Å². The van der Waals surface area contributed by atoms with Crippen LogP contribution in [0.5, 0.6) is 0 Å². The van der Waals surface area contributed by atoms with Crippen molar-refractivity contribution in [2.24, 2.45) is 5.73 Å². The van der Waals surface area contributed by atoms with E-state index in [1.54, 1.807) is 0 Å². The molecule has 0 spiro atoms. The fourth-order valence-electron chi connectivity index (χ4n) is 0.450. The second-order valence-corrected chi connectivity index (χ2v) is 2.05. The Bertz CT molecular complexity index is 160. The summed E-state index contributed by atoms with van der Waals surface area (Å²) in [6.07, 6.45) is -0.351. The first-order valence-electron chi connectivity index (χ1n) is 3.51. The monoisotopic (exact) mass is 176 g/mol. The van der Waals surface area contributed by atoms with Crippen LogP contribution in [0.2, 0.25) is 0 Å². The van der Waals surface area contributed by atoms with Gasteiger partial charge in [0, 0.05) is 13.1 Å². The number of hydrogen-bond donors (Lipinski definition) is 3. The minimum atomic E-state index is -1.02. The third kappa shape index (κ3) is 6.97. The van der Waals surface area contributed by atoms with Crippen LogP contribution in [-0.2, 0) is 14.4 Å². The summed E-state index contributed by atoms with van der Waals surface area (Å²) in [4.78, 5) is 25.0. The summed E-state index contributed by atoms with van der Waals surface area (Å²) < 4.78 is 0. The lowest BCUT2D eigenvalue weighted by atomic mass is 10.3. The van der Waals surface area contributed by atoms with Gasteiger partial charge in [0.05, 0.1) is 12.8 Å². The van der Waals surface area contributed by atoms with Gasteiger partial charge in [-0.25, -0.2) is 0 Å². The maximum Gasteiger partial charge on any atom is 0.325 e. The summed E-state index contributed by atoms with van der Waals surface area (Å²) in [6, 6.07) is 0. The predicted molar refractivity (Wildman–Crippen MR) is 40.0 cm³/mol. The van der Waals surface area contributed by atoms with Gasteiger partial charge in [-0.3, -0.25) is 9.59 Å². The van der Waals surface area contributed by atoms with E-state index in [-0.39, 0.29) is 12.8 Å². The summed E-state index contributed by atoms with van der Waals surface area (Å²) in [5.74, 6) is -1.61. The minimum absolute atomic E-state index is 0.132. The molecule has 0 bridgehead atoms. The molecule has 6 nitrogen and oxygen atoms in total. The van der Waals surface area contributed by atoms with E-state index < -0.39 is 11.9 Å². The maximum atomic E-state index is 10.6. The number of carboxylic acids is 1. The molecule has 0 radical (unpaired) electrons. The molecule has 0 saturated heterocycles.